The molecular formula is C23H19NO4. The Morgan fingerprint density at radius 3 is 2.32 bits per heavy atom. The van der Waals surface area contributed by atoms with Crippen molar-refractivity contribution in [3.05, 3.63) is 95.6 Å². The number of Topliss-reactive ketones (excluding diaryl/α,β-unsaturated/α-hetero) is 1. The summed E-state index contributed by atoms with van der Waals surface area (Å²) in [6.07, 6.45) is 1.50. The smallest absolute Gasteiger partial charge is 0.259 e. The minimum Gasteiger partial charge on any atom is -0.508 e. The minimum absolute atomic E-state index is 0.0142. The molecule has 0 bridgehead atoms. The van der Waals surface area contributed by atoms with Crippen molar-refractivity contribution in [1.29, 1.82) is 0 Å². The van der Waals surface area contributed by atoms with Crippen LogP contribution < -0.4 is 10.1 Å². The normalized spacial score (nSPS) is 11.0. The number of ketones is 1. The molecule has 2 N–H and O–H groups in total. The van der Waals surface area contributed by atoms with Crippen LogP contribution in [0.2, 0.25) is 0 Å². The molecule has 0 atom stereocenters. The van der Waals surface area contributed by atoms with Crippen LogP contribution in [-0.4, -0.2) is 23.9 Å². The van der Waals surface area contributed by atoms with E-state index >= 15 is 0 Å². The zero-order valence-corrected chi connectivity index (χ0v) is 15.3. The Labute approximate surface area is 162 Å². The van der Waals surface area contributed by atoms with Gasteiger partial charge in [0.2, 0.25) is 0 Å². The highest BCUT2D eigenvalue weighted by atomic mass is 16.5. The highest BCUT2D eigenvalue weighted by molar-refractivity contribution is 6.31. The van der Waals surface area contributed by atoms with Crippen LogP contribution in [0.25, 0.3) is 6.08 Å². The number of hydrogen-bond acceptors (Lipinski definition) is 4. The molecule has 0 saturated carbocycles. The molecule has 0 aromatic heterocycles. The summed E-state index contributed by atoms with van der Waals surface area (Å²) in [6, 6.07) is 21.7. The first-order valence-electron chi connectivity index (χ1n) is 8.62. The Morgan fingerprint density at radius 1 is 0.929 bits per heavy atom. The van der Waals surface area contributed by atoms with E-state index in [2.05, 4.69) is 5.32 Å². The first-order chi connectivity index (χ1) is 13.6. The summed E-state index contributed by atoms with van der Waals surface area (Å²) in [7, 11) is 1.54. The van der Waals surface area contributed by atoms with Gasteiger partial charge in [-0.1, -0.05) is 48.5 Å². The van der Waals surface area contributed by atoms with Gasteiger partial charge in [0, 0.05) is 17.3 Å². The largest absolute Gasteiger partial charge is 0.508 e. The summed E-state index contributed by atoms with van der Waals surface area (Å²) in [5.41, 5.74) is 1.53. The first kappa shape index (κ1) is 18.9. The molecule has 5 heteroatoms. The van der Waals surface area contributed by atoms with Crippen molar-refractivity contribution in [3.63, 3.8) is 0 Å². The Kier molecular flexibility index (Phi) is 5.87. The summed E-state index contributed by atoms with van der Waals surface area (Å²) >= 11 is 0. The third-order valence-corrected chi connectivity index (χ3v) is 4.06. The fraction of sp³-hybridized carbons (Fsp3) is 0.0435. The molecule has 0 heterocycles. The predicted molar refractivity (Wildman–Crippen MR) is 108 cm³/mol. The molecule has 0 aliphatic rings. The van der Waals surface area contributed by atoms with Gasteiger partial charge in [-0.15, -0.1) is 0 Å². The van der Waals surface area contributed by atoms with Gasteiger partial charge < -0.3 is 15.2 Å². The maximum Gasteiger partial charge on any atom is 0.259 e. The number of phenolic OH excluding ortho intramolecular Hbond substituents is 1. The number of nitrogens with one attached hydrogen (secondary N) is 1. The van der Waals surface area contributed by atoms with Crippen molar-refractivity contribution in [2.75, 3.05) is 12.4 Å². The number of amides is 1. The quantitative estimate of drug-likeness (QED) is 0.292. The molecule has 5 nitrogen and oxygen atoms in total. The van der Waals surface area contributed by atoms with E-state index in [1.807, 2.05) is 0 Å². The van der Waals surface area contributed by atoms with Gasteiger partial charge in [-0.2, -0.15) is 0 Å². The van der Waals surface area contributed by atoms with Crippen LogP contribution in [0.5, 0.6) is 11.5 Å². The number of phenols is 1. The van der Waals surface area contributed by atoms with Gasteiger partial charge in [-0.05, 0) is 35.9 Å². The van der Waals surface area contributed by atoms with Crippen molar-refractivity contribution in [1.82, 2.24) is 0 Å². The Balaban J connectivity index is 1.96. The molecule has 0 unspecified atom stereocenters. The standard InChI is InChI=1S/C23H19NO4/c1-28-20-9-5-8-18(15-20)24-23(27)21(14-16-10-12-19(25)13-11-16)22(26)17-6-3-2-4-7-17/h2-15,25H,1H3,(H,24,27)/b21-14+. The number of carbonyl (C=O) groups excluding carboxylic acids is 2. The van der Waals surface area contributed by atoms with Gasteiger partial charge in [0.05, 0.1) is 12.7 Å². The lowest BCUT2D eigenvalue weighted by Crippen LogP contribution is -2.20. The van der Waals surface area contributed by atoms with E-state index in [0.717, 1.165) is 0 Å². The summed E-state index contributed by atoms with van der Waals surface area (Å²) < 4.78 is 5.16. The number of ether oxygens (including phenoxy) is 1. The summed E-state index contributed by atoms with van der Waals surface area (Å²) in [5, 5.41) is 12.2. The summed E-state index contributed by atoms with van der Waals surface area (Å²) in [5.74, 6) is -0.227. The average molecular weight is 373 g/mol. The lowest BCUT2D eigenvalue weighted by molar-refractivity contribution is -0.112. The molecule has 0 aliphatic carbocycles. The third kappa shape index (κ3) is 4.65. The highest BCUT2D eigenvalue weighted by Crippen LogP contribution is 2.20. The zero-order valence-electron chi connectivity index (χ0n) is 15.3. The fourth-order valence-electron chi connectivity index (χ4n) is 2.62. The van der Waals surface area contributed by atoms with Crippen molar-refractivity contribution < 1.29 is 19.4 Å². The van der Waals surface area contributed by atoms with E-state index in [-0.39, 0.29) is 11.3 Å². The Hall–Kier alpha value is -3.86. The Morgan fingerprint density at radius 2 is 1.64 bits per heavy atom. The Bertz CT molecular complexity index is 1010. The maximum atomic E-state index is 13.0. The molecule has 1 amide bonds. The van der Waals surface area contributed by atoms with Gasteiger partial charge in [-0.25, -0.2) is 0 Å². The van der Waals surface area contributed by atoms with Crippen LogP contribution >= 0.6 is 0 Å². The van der Waals surface area contributed by atoms with E-state index in [9.17, 15) is 14.7 Å². The third-order valence-electron chi connectivity index (χ3n) is 4.06. The van der Waals surface area contributed by atoms with Gasteiger partial charge in [0.25, 0.3) is 5.91 Å². The van der Waals surface area contributed by atoms with Crippen LogP contribution in [0.4, 0.5) is 5.69 Å². The SMILES string of the molecule is COc1cccc(NC(=O)/C(=C/c2ccc(O)cc2)C(=O)c2ccccc2)c1. The van der Waals surface area contributed by atoms with Crippen LogP contribution in [-0.2, 0) is 4.79 Å². The molecule has 3 aromatic rings. The van der Waals surface area contributed by atoms with Crippen molar-refractivity contribution in [2.24, 2.45) is 0 Å². The van der Waals surface area contributed by atoms with E-state index in [4.69, 9.17) is 4.74 Å². The number of methoxy groups -OCH3 is 1. The summed E-state index contributed by atoms with van der Waals surface area (Å²) in [6.45, 7) is 0. The monoisotopic (exact) mass is 373 g/mol. The number of rotatable bonds is 6. The van der Waals surface area contributed by atoms with Crippen LogP contribution in [0.1, 0.15) is 15.9 Å². The van der Waals surface area contributed by atoms with Crippen molar-refractivity contribution in [3.8, 4) is 11.5 Å². The summed E-state index contributed by atoms with van der Waals surface area (Å²) in [4.78, 5) is 25.9. The van der Waals surface area contributed by atoms with Gasteiger partial charge in [-0.3, -0.25) is 9.59 Å². The lowest BCUT2D eigenvalue weighted by Gasteiger charge is -2.10. The number of aromatic hydroxyl groups is 1. The lowest BCUT2D eigenvalue weighted by atomic mass is 10.00. The fourth-order valence-corrected chi connectivity index (χ4v) is 2.62. The van der Waals surface area contributed by atoms with Gasteiger partial charge >= 0.3 is 0 Å². The minimum atomic E-state index is -0.532. The maximum absolute atomic E-state index is 13.0. The molecule has 0 saturated heterocycles. The topological polar surface area (TPSA) is 75.6 Å². The van der Waals surface area contributed by atoms with Gasteiger partial charge in [0.15, 0.2) is 5.78 Å². The molecular weight excluding hydrogens is 354 g/mol. The molecule has 3 rings (SSSR count). The first-order valence-corrected chi connectivity index (χ1v) is 8.62. The molecule has 3 aromatic carbocycles. The predicted octanol–water partition coefficient (Wildman–Crippen LogP) is 4.31. The second-order valence-electron chi connectivity index (χ2n) is 6.03. The number of carbonyl (C=O) groups is 2. The van der Waals surface area contributed by atoms with Crippen molar-refractivity contribution >= 4 is 23.5 Å². The number of benzene rings is 3. The zero-order chi connectivity index (χ0) is 19.9. The molecule has 0 aliphatic heterocycles. The van der Waals surface area contributed by atoms with E-state index in [0.29, 0.717) is 22.6 Å². The number of hydrogen-bond donors (Lipinski definition) is 2. The number of anilines is 1. The molecule has 140 valence electrons. The van der Waals surface area contributed by atoms with E-state index in [1.165, 1.54) is 25.3 Å². The molecule has 28 heavy (non-hydrogen) atoms. The molecule has 0 radical (unpaired) electrons. The van der Waals surface area contributed by atoms with Gasteiger partial charge in [0.1, 0.15) is 11.5 Å². The van der Waals surface area contributed by atoms with E-state index < -0.39 is 11.7 Å². The van der Waals surface area contributed by atoms with E-state index in [1.54, 1.807) is 66.7 Å². The van der Waals surface area contributed by atoms with Crippen LogP contribution in [0, 0.1) is 0 Å². The molecule has 0 fully saturated rings. The second-order valence-corrected chi connectivity index (χ2v) is 6.03. The highest BCUT2D eigenvalue weighted by Gasteiger charge is 2.20. The van der Waals surface area contributed by atoms with Crippen LogP contribution in [0.15, 0.2) is 84.4 Å². The average Bonchev–Trinajstić information content (AvgIpc) is 2.73. The second kappa shape index (κ2) is 8.68. The molecule has 0 spiro atoms. The van der Waals surface area contributed by atoms with Crippen LogP contribution in [0.3, 0.4) is 0 Å². The van der Waals surface area contributed by atoms with Crippen molar-refractivity contribution in [2.45, 2.75) is 0 Å².